The second kappa shape index (κ2) is 6.74. The van der Waals surface area contributed by atoms with Crippen molar-refractivity contribution in [2.75, 3.05) is 18.4 Å². The number of hydrogen-bond acceptors (Lipinski definition) is 2. The van der Waals surface area contributed by atoms with Gasteiger partial charge >= 0.3 is 12.6 Å². The lowest BCUT2D eigenvalue weighted by molar-refractivity contribution is -0.0502. The molecule has 2 rings (SSSR count). The van der Waals surface area contributed by atoms with E-state index in [9.17, 15) is 13.6 Å². The van der Waals surface area contributed by atoms with Crippen LogP contribution in [0.3, 0.4) is 0 Å². The van der Waals surface area contributed by atoms with E-state index in [1.165, 1.54) is 6.07 Å². The van der Waals surface area contributed by atoms with Gasteiger partial charge in [-0.05, 0) is 37.8 Å². The maximum Gasteiger partial charge on any atom is 0.387 e. The van der Waals surface area contributed by atoms with Crippen LogP contribution in [0.25, 0.3) is 0 Å². The third kappa shape index (κ3) is 4.06. The lowest BCUT2D eigenvalue weighted by atomic mass is 10.00. The summed E-state index contributed by atoms with van der Waals surface area (Å²) in [5.74, 6) is 0.716. The Morgan fingerprint density at radius 1 is 1.38 bits per heavy atom. The van der Waals surface area contributed by atoms with Crippen molar-refractivity contribution in [1.82, 2.24) is 4.90 Å². The van der Waals surface area contributed by atoms with E-state index in [0.29, 0.717) is 17.2 Å². The summed E-state index contributed by atoms with van der Waals surface area (Å²) < 4.78 is 29.0. The number of nitrogens with one attached hydrogen (secondary N) is 1. The topological polar surface area (TPSA) is 41.6 Å². The predicted octanol–water partition coefficient (Wildman–Crippen LogP) is 3.86. The largest absolute Gasteiger partial charge is 0.434 e. The number of urea groups is 1. The lowest BCUT2D eigenvalue weighted by Gasteiger charge is -2.30. The Balaban J connectivity index is 2.03. The number of benzene rings is 1. The quantitative estimate of drug-likeness (QED) is 0.920. The molecule has 0 bridgehead atoms. The zero-order chi connectivity index (χ0) is 15.4. The van der Waals surface area contributed by atoms with E-state index in [1.54, 1.807) is 24.0 Å². The molecule has 1 aromatic rings. The Kier molecular flexibility index (Phi) is 4.98. The van der Waals surface area contributed by atoms with Crippen molar-refractivity contribution in [2.45, 2.75) is 33.3 Å². The number of carbonyl (C=O) groups excluding carboxylic acids is 1. The Labute approximate surface area is 123 Å². The number of alkyl halides is 2. The summed E-state index contributed by atoms with van der Waals surface area (Å²) in [6.45, 7) is 2.38. The van der Waals surface area contributed by atoms with Gasteiger partial charge in [-0.25, -0.2) is 4.79 Å². The monoisotopic (exact) mass is 298 g/mol. The van der Waals surface area contributed by atoms with E-state index < -0.39 is 6.61 Å². The van der Waals surface area contributed by atoms with Gasteiger partial charge in [-0.1, -0.05) is 13.0 Å². The van der Waals surface area contributed by atoms with E-state index >= 15 is 0 Å². The van der Waals surface area contributed by atoms with Crippen molar-refractivity contribution >= 4 is 11.7 Å². The molecule has 0 unspecified atom stereocenters. The van der Waals surface area contributed by atoms with Gasteiger partial charge in [-0.2, -0.15) is 8.78 Å². The summed E-state index contributed by atoms with van der Waals surface area (Å²) in [5.41, 5.74) is 0.994. The van der Waals surface area contributed by atoms with Gasteiger partial charge in [0, 0.05) is 24.3 Å². The number of rotatable bonds is 3. The Morgan fingerprint density at radius 3 is 2.67 bits per heavy atom. The van der Waals surface area contributed by atoms with Crippen LogP contribution in [0.1, 0.15) is 25.3 Å². The molecule has 1 heterocycles. The van der Waals surface area contributed by atoms with Crippen LogP contribution in [0, 0.1) is 12.8 Å². The first-order valence-electron chi connectivity index (χ1n) is 7.07. The van der Waals surface area contributed by atoms with Gasteiger partial charge < -0.3 is 15.0 Å². The smallest absolute Gasteiger partial charge is 0.387 e. The molecule has 0 saturated carbocycles. The van der Waals surface area contributed by atoms with E-state index in [2.05, 4.69) is 17.0 Å². The highest BCUT2D eigenvalue weighted by atomic mass is 19.3. The van der Waals surface area contributed by atoms with Gasteiger partial charge in [0.2, 0.25) is 0 Å². The molecule has 1 aliphatic rings. The summed E-state index contributed by atoms with van der Waals surface area (Å²) in [6, 6.07) is 4.52. The Hall–Kier alpha value is -1.85. The van der Waals surface area contributed by atoms with Gasteiger partial charge in [-0.3, -0.25) is 0 Å². The predicted molar refractivity (Wildman–Crippen MR) is 76.8 cm³/mol. The molecule has 21 heavy (non-hydrogen) atoms. The summed E-state index contributed by atoms with van der Waals surface area (Å²) in [7, 11) is 0. The normalized spacial score (nSPS) is 16.1. The fourth-order valence-electron chi connectivity index (χ4n) is 2.38. The van der Waals surface area contributed by atoms with Crippen molar-refractivity contribution in [3.8, 4) is 5.75 Å². The van der Waals surface area contributed by atoms with E-state index in [4.69, 9.17) is 0 Å². The zero-order valence-electron chi connectivity index (χ0n) is 12.2. The second-order valence-corrected chi connectivity index (χ2v) is 5.41. The molecular weight excluding hydrogens is 278 g/mol. The third-order valence-electron chi connectivity index (χ3n) is 3.81. The minimum atomic E-state index is -2.88. The average Bonchev–Trinajstić information content (AvgIpc) is 2.43. The zero-order valence-corrected chi connectivity index (χ0v) is 12.2. The number of piperidine rings is 1. The van der Waals surface area contributed by atoms with Gasteiger partial charge in [0.1, 0.15) is 5.75 Å². The minimum Gasteiger partial charge on any atom is -0.434 e. The van der Waals surface area contributed by atoms with E-state index in [0.717, 1.165) is 25.9 Å². The average molecular weight is 298 g/mol. The van der Waals surface area contributed by atoms with Crippen LogP contribution in [0.2, 0.25) is 0 Å². The molecule has 1 fully saturated rings. The molecular formula is C15H20F2N2O2. The van der Waals surface area contributed by atoms with Crippen molar-refractivity contribution in [3.63, 3.8) is 0 Å². The van der Waals surface area contributed by atoms with Crippen LogP contribution < -0.4 is 10.1 Å². The maximum atomic E-state index is 12.3. The molecule has 0 spiro atoms. The number of carbonyl (C=O) groups is 1. The number of hydrogen-bond donors (Lipinski definition) is 1. The first kappa shape index (κ1) is 15.5. The van der Waals surface area contributed by atoms with Crippen LogP contribution in [0.15, 0.2) is 18.2 Å². The highest BCUT2D eigenvalue weighted by molar-refractivity contribution is 5.90. The van der Waals surface area contributed by atoms with E-state index in [-0.39, 0.29) is 11.8 Å². The molecule has 2 amide bonds. The molecule has 0 radical (unpaired) electrons. The van der Waals surface area contributed by atoms with Crippen molar-refractivity contribution in [3.05, 3.63) is 23.8 Å². The fraction of sp³-hybridized carbons (Fsp3) is 0.533. The molecule has 0 aromatic heterocycles. The van der Waals surface area contributed by atoms with Crippen LogP contribution in [-0.4, -0.2) is 30.6 Å². The number of halogens is 2. The highest BCUT2D eigenvalue weighted by Gasteiger charge is 2.21. The standard InChI is InChI=1S/C15H20F2N2O2/c1-10-6-8-19(9-7-10)15(20)18-12-4-3-5-13(11(12)2)21-14(16)17/h3-5,10,14H,6-9H2,1-2H3,(H,18,20). The SMILES string of the molecule is Cc1c(NC(=O)N2CCC(C)CC2)cccc1OC(F)F. The summed E-state index contributed by atoms with van der Waals surface area (Å²) in [4.78, 5) is 13.9. The maximum absolute atomic E-state index is 12.3. The number of anilines is 1. The second-order valence-electron chi connectivity index (χ2n) is 5.41. The molecule has 6 heteroatoms. The number of nitrogens with zero attached hydrogens (tertiary/aromatic N) is 1. The molecule has 1 aliphatic heterocycles. The fourth-order valence-corrected chi connectivity index (χ4v) is 2.38. The van der Waals surface area contributed by atoms with Gasteiger partial charge in [0.05, 0.1) is 0 Å². The minimum absolute atomic E-state index is 0.0788. The molecule has 1 aromatic carbocycles. The first-order chi connectivity index (χ1) is 9.97. The molecule has 0 atom stereocenters. The van der Waals surface area contributed by atoms with Crippen LogP contribution in [-0.2, 0) is 0 Å². The van der Waals surface area contributed by atoms with Crippen molar-refractivity contribution < 1.29 is 18.3 Å². The van der Waals surface area contributed by atoms with Gasteiger partial charge in [0.15, 0.2) is 0 Å². The van der Waals surface area contributed by atoms with Gasteiger partial charge in [0.25, 0.3) is 0 Å². The summed E-state index contributed by atoms with van der Waals surface area (Å²) in [6.07, 6.45) is 1.97. The van der Waals surface area contributed by atoms with Crippen LogP contribution in [0.4, 0.5) is 19.3 Å². The number of likely N-dealkylation sites (tertiary alicyclic amines) is 1. The Bertz CT molecular complexity index is 500. The van der Waals surface area contributed by atoms with Crippen LogP contribution >= 0.6 is 0 Å². The third-order valence-corrected chi connectivity index (χ3v) is 3.81. The summed E-state index contributed by atoms with van der Waals surface area (Å²) in [5, 5.41) is 2.77. The summed E-state index contributed by atoms with van der Waals surface area (Å²) >= 11 is 0. The Morgan fingerprint density at radius 2 is 2.05 bits per heavy atom. The number of ether oxygens (including phenoxy) is 1. The molecule has 116 valence electrons. The molecule has 0 aliphatic carbocycles. The lowest BCUT2D eigenvalue weighted by Crippen LogP contribution is -2.40. The molecule has 4 nitrogen and oxygen atoms in total. The molecule has 1 saturated heterocycles. The molecule has 1 N–H and O–H groups in total. The van der Waals surface area contributed by atoms with Crippen molar-refractivity contribution in [2.24, 2.45) is 5.92 Å². The first-order valence-corrected chi connectivity index (χ1v) is 7.07. The highest BCUT2D eigenvalue weighted by Crippen LogP contribution is 2.27. The number of amides is 2. The van der Waals surface area contributed by atoms with Crippen molar-refractivity contribution in [1.29, 1.82) is 0 Å². The van der Waals surface area contributed by atoms with Gasteiger partial charge in [-0.15, -0.1) is 0 Å². The van der Waals surface area contributed by atoms with E-state index in [1.807, 2.05) is 0 Å². The van der Waals surface area contributed by atoms with Crippen LogP contribution in [0.5, 0.6) is 5.75 Å².